The third-order valence-corrected chi connectivity index (χ3v) is 7.33. The molecular formula is C19H30N4O5S. The Balaban J connectivity index is 1.62. The van der Waals surface area contributed by atoms with Gasteiger partial charge in [0.1, 0.15) is 5.69 Å². The van der Waals surface area contributed by atoms with Gasteiger partial charge in [-0.05, 0) is 51.0 Å². The van der Waals surface area contributed by atoms with Crippen molar-refractivity contribution in [2.75, 3.05) is 57.8 Å². The van der Waals surface area contributed by atoms with Gasteiger partial charge in [-0.3, -0.25) is 10.1 Å². The van der Waals surface area contributed by atoms with E-state index in [1.807, 2.05) is 0 Å². The van der Waals surface area contributed by atoms with Crippen LogP contribution in [-0.2, 0) is 14.8 Å². The lowest BCUT2D eigenvalue weighted by atomic mass is 10.2. The normalized spacial score (nSPS) is 19.6. The van der Waals surface area contributed by atoms with Gasteiger partial charge in [-0.2, -0.15) is 4.31 Å². The van der Waals surface area contributed by atoms with Crippen LogP contribution in [0.25, 0.3) is 0 Å². The monoisotopic (exact) mass is 426 g/mol. The lowest BCUT2D eigenvalue weighted by molar-refractivity contribution is -0.384. The van der Waals surface area contributed by atoms with Crippen LogP contribution in [0.2, 0.25) is 0 Å². The Bertz CT molecular complexity index is 788. The fourth-order valence-electron chi connectivity index (χ4n) is 3.79. The summed E-state index contributed by atoms with van der Waals surface area (Å²) in [5.41, 5.74) is 0.140. The van der Waals surface area contributed by atoms with Gasteiger partial charge in [-0.15, -0.1) is 0 Å². The highest BCUT2D eigenvalue weighted by atomic mass is 32.2. The Morgan fingerprint density at radius 1 is 1.07 bits per heavy atom. The van der Waals surface area contributed by atoms with E-state index in [9.17, 15) is 18.5 Å². The zero-order chi connectivity index (χ0) is 20.7. The Labute approximate surface area is 172 Å². The first-order valence-corrected chi connectivity index (χ1v) is 11.7. The van der Waals surface area contributed by atoms with Crippen LogP contribution in [0, 0.1) is 10.1 Å². The van der Waals surface area contributed by atoms with Crippen molar-refractivity contribution in [1.29, 1.82) is 0 Å². The van der Waals surface area contributed by atoms with Gasteiger partial charge >= 0.3 is 0 Å². The highest BCUT2D eigenvalue weighted by molar-refractivity contribution is 7.89. The van der Waals surface area contributed by atoms with Crippen molar-refractivity contribution < 1.29 is 18.1 Å². The number of rotatable bonds is 8. The molecule has 2 aliphatic rings. The first-order valence-electron chi connectivity index (χ1n) is 10.3. The maximum Gasteiger partial charge on any atom is 0.293 e. The van der Waals surface area contributed by atoms with Crippen molar-refractivity contribution in [1.82, 2.24) is 9.21 Å². The largest absolute Gasteiger partial charge is 0.379 e. The quantitative estimate of drug-likeness (QED) is 0.386. The molecular weight excluding hydrogens is 396 g/mol. The van der Waals surface area contributed by atoms with Gasteiger partial charge < -0.3 is 15.0 Å². The summed E-state index contributed by atoms with van der Waals surface area (Å²) in [4.78, 5) is 13.4. The third-order valence-electron chi connectivity index (χ3n) is 5.44. The van der Waals surface area contributed by atoms with Gasteiger partial charge in [0.25, 0.3) is 5.69 Å². The van der Waals surface area contributed by atoms with Crippen LogP contribution in [0.15, 0.2) is 23.1 Å². The fourth-order valence-corrected chi connectivity index (χ4v) is 5.22. The van der Waals surface area contributed by atoms with Crippen molar-refractivity contribution in [2.24, 2.45) is 0 Å². The molecule has 10 heteroatoms. The number of morpholine rings is 1. The van der Waals surface area contributed by atoms with E-state index in [1.165, 1.54) is 42.1 Å². The summed E-state index contributed by atoms with van der Waals surface area (Å²) in [6.45, 7) is 4.98. The summed E-state index contributed by atoms with van der Waals surface area (Å²) in [5, 5.41) is 14.6. The summed E-state index contributed by atoms with van der Waals surface area (Å²) < 4.78 is 32.0. The molecule has 0 atom stereocenters. The summed E-state index contributed by atoms with van der Waals surface area (Å²) >= 11 is 0. The average molecular weight is 427 g/mol. The number of nitro benzene ring substituents is 1. The lowest BCUT2D eigenvalue weighted by Crippen LogP contribution is -2.40. The number of anilines is 1. The molecule has 0 amide bonds. The molecule has 9 nitrogen and oxygen atoms in total. The summed E-state index contributed by atoms with van der Waals surface area (Å²) in [5.74, 6) is 0. The van der Waals surface area contributed by atoms with Gasteiger partial charge in [0.2, 0.25) is 10.0 Å². The topological polar surface area (TPSA) is 105 Å². The van der Waals surface area contributed by atoms with E-state index in [4.69, 9.17) is 4.74 Å². The molecule has 2 aliphatic heterocycles. The van der Waals surface area contributed by atoms with Crippen molar-refractivity contribution in [3.8, 4) is 0 Å². The average Bonchev–Trinajstić information content (AvgIpc) is 3.00. The predicted octanol–water partition coefficient (Wildman–Crippen LogP) is 2.29. The second-order valence-electron chi connectivity index (χ2n) is 7.49. The minimum absolute atomic E-state index is 0.0544. The molecule has 1 aromatic rings. The van der Waals surface area contributed by atoms with E-state index in [-0.39, 0.29) is 23.7 Å². The first kappa shape index (κ1) is 21.9. The molecule has 1 aromatic carbocycles. The maximum atomic E-state index is 12.8. The van der Waals surface area contributed by atoms with E-state index >= 15 is 0 Å². The van der Waals surface area contributed by atoms with Crippen LogP contribution in [0.5, 0.6) is 0 Å². The number of sulfonamides is 1. The van der Waals surface area contributed by atoms with Crippen molar-refractivity contribution >= 4 is 21.4 Å². The molecule has 0 saturated carbocycles. The molecule has 1 N–H and O–H groups in total. The lowest BCUT2D eigenvalue weighted by Gasteiger charge is -2.26. The van der Waals surface area contributed by atoms with E-state index in [0.29, 0.717) is 25.4 Å². The number of likely N-dealkylation sites (tertiary alicyclic amines) is 1. The number of nitrogens with one attached hydrogen (secondary N) is 1. The van der Waals surface area contributed by atoms with Gasteiger partial charge in [0.05, 0.1) is 23.0 Å². The molecule has 29 heavy (non-hydrogen) atoms. The van der Waals surface area contributed by atoms with Gasteiger partial charge in [0, 0.05) is 25.7 Å². The second kappa shape index (κ2) is 10.3. The molecule has 0 spiro atoms. The van der Waals surface area contributed by atoms with Crippen LogP contribution < -0.4 is 5.32 Å². The molecule has 162 valence electrons. The molecule has 3 rings (SSSR count). The molecule has 0 aliphatic carbocycles. The smallest absolute Gasteiger partial charge is 0.293 e. The van der Waals surface area contributed by atoms with Crippen LogP contribution in [0.3, 0.4) is 0 Å². The summed E-state index contributed by atoms with van der Waals surface area (Å²) in [6, 6.07) is 4.09. The van der Waals surface area contributed by atoms with Gasteiger partial charge in [-0.25, -0.2) is 8.42 Å². The number of ether oxygens (including phenoxy) is 1. The molecule has 2 saturated heterocycles. The maximum absolute atomic E-state index is 12.8. The van der Waals surface area contributed by atoms with E-state index in [1.54, 1.807) is 0 Å². The highest BCUT2D eigenvalue weighted by Gasteiger charge is 2.28. The minimum atomic E-state index is -3.76. The Morgan fingerprint density at radius 3 is 2.41 bits per heavy atom. The minimum Gasteiger partial charge on any atom is -0.379 e. The predicted molar refractivity (Wildman–Crippen MR) is 111 cm³/mol. The Morgan fingerprint density at radius 2 is 1.76 bits per heavy atom. The summed E-state index contributed by atoms with van der Waals surface area (Å²) in [6.07, 6.45) is 5.93. The van der Waals surface area contributed by atoms with Gasteiger partial charge in [0.15, 0.2) is 0 Å². The van der Waals surface area contributed by atoms with Crippen molar-refractivity contribution in [3.63, 3.8) is 0 Å². The number of nitrogens with zero attached hydrogens (tertiary/aromatic N) is 3. The highest BCUT2D eigenvalue weighted by Crippen LogP contribution is 2.29. The van der Waals surface area contributed by atoms with Crippen molar-refractivity contribution in [3.05, 3.63) is 28.3 Å². The van der Waals surface area contributed by atoms with E-state index in [2.05, 4.69) is 10.2 Å². The van der Waals surface area contributed by atoms with Crippen LogP contribution >= 0.6 is 0 Å². The molecule has 0 aromatic heterocycles. The second-order valence-corrected chi connectivity index (χ2v) is 9.43. The zero-order valence-corrected chi connectivity index (χ0v) is 17.5. The number of hydrogen-bond donors (Lipinski definition) is 1. The first-order chi connectivity index (χ1) is 14.0. The SMILES string of the molecule is O=[N+]([O-])c1cc(S(=O)(=O)N2CCOCC2)ccc1NCCCN1CCCCCC1. The Kier molecular flexibility index (Phi) is 7.82. The van der Waals surface area contributed by atoms with Crippen molar-refractivity contribution in [2.45, 2.75) is 37.0 Å². The van der Waals surface area contributed by atoms with Crippen LogP contribution in [0.1, 0.15) is 32.1 Å². The summed E-state index contributed by atoms with van der Waals surface area (Å²) in [7, 11) is -3.76. The molecule has 0 bridgehead atoms. The van der Waals surface area contributed by atoms with Gasteiger partial charge in [-0.1, -0.05) is 12.8 Å². The Hall–Kier alpha value is -1.75. The molecule has 2 fully saturated rings. The standard InChI is InChI=1S/C19H30N4O5S/c24-23(25)19-16-17(29(26,27)22-12-14-28-15-13-22)6-7-18(19)20-8-5-11-21-9-3-1-2-4-10-21/h6-7,16,20H,1-5,8-15H2. The number of benzene rings is 1. The third kappa shape index (κ3) is 5.88. The van der Waals surface area contributed by atoms with Crippen LogP contribution in [-0.4, -0.2) is 75.0 Å². The van der Waals surface area contributed by atoms with Crippen LogP contribution in [0.4, 0.5) is 11.4 Å². The molecule has 0 unspecified atom stereocenters. The van der Waals surface area contributed by atoms with E-state index in [0.717, 1.165) is 32.1 Å². The number of nitro groups is 1. The zero-order valence-electron chi connectivity index (χ0n) is 16.7. The molecule has 0 radical (unpaired) electrons. The fraction of sp³-hybridized carbons (Fsp3) is 0.684. The van der Waals surface area contributed by atoms with E-state index < -0.39 is 14.9 Å². The molecule has 2 heterocycles. The number of hydrogen-bond acceptors (Lipinski definition) is 7.